The summed E-state index contributed by atoms with van der Waals surface area (Å²) in [7, 11) is -3.39. The average molecular weight is 248 g/mol. The van der Waals surface area contributed by atoms with Gasteiger partial charge in [-0.1, -0.05) is 31.5 Å². The van der Waals surface area contributed by atoms with Crippen LogP contribution in [0.5, 0.6) is 0 Å². The number of halogens is 1. The predicted molar refractivity (Wildman–Crippen MR) is 61.7 cm³/mol. The highest BCUT2D eigenvalue weighted by molar-refractivity contribution is 7.89. The van der Waals surface area contributed by atoms with Gasteiger partial charge in [0.1, 0.15) is 0 Å². The monoisotopic (exact) mass is 247 g/mol. The van der Waals surface area contributed by atoms with Gasteiger partial charge in [0.05, 0.1) is 4.90 Å². The molecule has 84 valence electrons. The Morgan fingerprint density at radius 3 is 2.47 bits per heavy atom. The maximum atomic E-state index is 11.6. The SMILES string of the molecule is CCNS(=O)(=O)c1ccc(CC)c(Cl)c1. The maximum Gasteiger partial charge on any atom is 0.240 e. The van der Waals surface area contributed by atoms with Gasteiger partial charge in [-0.25, -0.2) is 13.1 Å². The van der Waals surface area contributed by atoms with E-state index in [1.807, 2.05) is 6.92 Å². The Morgan fingerprint density at radius 1 is 1.33 bits per heavy atom. The van der Waals surface area contributed by atoms with E-state index in [0.717, 1.165) is 12.0 Å². The van der Waals surface area contributed by atoms with Crippen molar-refractivity contribution in [2.45, 2.75) is 25.2 Å². The summed E-state index contributed by atoms with van der Waals surface area (Å²) in [5.41, 5.74) is 0.951. The number of sulfonamides is 1. The Balaban J connectivity index is 3.13. The first kappa shape index (κ1) is 12.5. The fraction of sp³-hybridized carbons (Fsp3) is 0.400. The summed E-state index contributed by atoms with van der Waals surface area (Å²) in [6.45, 7) is 4.08. The van der Waals surface area contributed by atoms with Crippen molar-refractivity contribution in [2.24, 2.45) is 0 Å². The van der Waals surface area contributed by atoms with Gasteiger partial charge in [0.2, 0.25) is 10.0 Å². The number of hydrogen-bond donors (Lipinski definition) is 1. The summed E-state index contributed by atoms with van der Waals surface area (Å²) < 4.78 is 25.6. The Labute approximate surface area is 95.5 Å². The third-order valence-corrected chi connectivity index (χ3v) is 3.95. The molecular formula is C10H14ClNO2S. The number of rotatable bonds is 4. The van der Waals surface area contributed by atoms with Gasteiger partial charge in [-0.2, -0.15) is 0 Å². The van der Waals surface area contributed by atoms with Gasteiger partial charge >= 0.3 is 0 Å². The molecule has 0 radical (unpaired) electrons. The molecule has 5 heteroatoms. The highest BCUT2D eigenvalue weighted by Gasteiger charge is 2.13. The third kappa shape index (κ3) is 2.93. The lowest BCUT2D eigenvalue weighted by atomic mass is 10.2. The molecular weight excluding hydrogens is 234 g/mol. The standard InChI is InChI=1S/C10H14ClNO2S/c1-3-8-5-6-9(7-10(8)11)15(13,14)12-4-2/h5-7,12H,3-4H2,1-2H3. The first-order valence-electron chi connectivity index (χ1n) is 4.79. The van der Waals surface area contributed by atoms with E-state index in [9.17, 15) is 8.42 Å². The van der Waals surface area contributed by atoms with Crippen molar-refractivity contribution in [1.29, 1.82) is 0 Å². The summed E-state index contributed by atoms with van der Waals surface area (Å²) >= 11 is 5.94. The molecule has 1 N–H and O–H groups in total. The van der Waals surface area contributed by atoms with E-state index in [1.165, 1.54) is 6.07 Å². The zero-order chi connectivity index (χ0) is 11.5. The second-order valence-corrected chi connectivity index (χ2v) is 5.28. The van der Waals surface area contributed by atoms with Crippen LogP contribution in [-0.2, 0) is 16.4 Å². The van der Waals surface area contributed by atoms with Gasteiger partial charge in [0.25, 0.3) is 0 Å². The van der Waals surface area contributed by atoms with Crippen molar-refractivity contribution in [3.8, 4) is 0 Å². The molecule has 0 aliphatic heterocycles. The van der Waals surface area contributed by atoms with E-state index in [-0.39, 0.29) is 4.90 Å². The molecule has 0 aliphatic rings. The lowest BCUT2D eigenvalue weighted by Crippen LogP contribution is -2.23. The van der Waals surface area contributed by atoms with Crippen LogP contribution in [0.2, 0.25) is 5.02 Å². The zero-order valence-corrected chi connectivity index (χ0v) is 10.3. The van der Waals surface area contributed by atoms with Crippen molar-refractivity contribution in [1.82, 2.24) is 4.72 Å². The Kier molecular flexibility index (Phi) is 4.13. The number of benzene rings is 1. The molecule has 0 saturated heterocycles. The molecule has 0 fully saturated rings. The first-order valence-corrected chi connectivity index (χ1v) is 6.65. The van der Waals surface area contributed by atoms with Crippen LogP contribution in [0.25, 0.3) is 0 Å². The van der Waals surface area contributed by atoms with E-state index < -0.39 is 10.0 Å². The average Bonchev–Trinajstić information content (AvgIpc) is 2.17. The number of hydrogen-bond acceptors (Lipinski definition) is 2. The van der Waals surface area contributed by atoms with Crippen molar-refractivity contribution in [2.75, 3.05) is 6.54 Å². The third-order valence-electron chi connectivity index (χ3n) is 2.05. The number of aryl methyl sites for hydroxylation is 1. The topological polar surface area (TPSA) is 46.2 Å². The first-order chi connectivity index (χ1) is 7.01. The highest BCUT2D eigenvalue weighted by atomic mass is 35.5. The van der Waals surface area contributed by atoms with Gasteiger partial charge in [-0.3, -0.25) is 0 Å². The quantitative estimate of drug-likeness (QED) is 0.887. The van der Waals surface area contributed by atoms with Crippen LogP contribution in [-0.4, -0.2) is 15.0 Å². The summed E-state index contributed by atoms with van der Waals surface area (Å²) in [4.78, 5) is 0.214. The summed E-state index contributed by atoms with van der Waals surface area (Å²) in [5, 5.41) is 0.497. The molecule has 15 heavy (non-hydrogen) atoms. The van der Waals surface area contributed by atoms with Crippen LogP contribution >= 0.6 is 11.6 Å². The molecule has 0 bridgehead atoms. The van der Waals surface area contributed by atoms with Crippen molar-refractivity contribution < 1.29 is 8.42 Å². The Hall–Kier alpha value is -0.580. The molecule has 0 aliphatic carbocycles. The maximum absolute atomic E-state index is 11.6. The van der Waals surface area contributed by atoms with Crippen LogP contribution in [0.4, 0.5) is 0 Å². The fourth-order valence-electron chi connectivity index (χ4n) is 1.26. The Bertz CT molecular complexity index is 443. The van der Waals surface area contributed by atoms with Crippen LogP contribution < -0.4 is 4.72 Å². The number of nitrogens with one attached hydrogen (secondary N) is 1. The summed E-state index contributed by atoms with van der Waals surface area (Å²) in [6.07, 6.45) is 0.792. The van der Waals surface area contributed by atoms with Crippen LogP contribution in [0.1, 0.15) is 19.4 Å². The molecule has 0 aromatic heterocycles. The van der Waals surface area contributed by atoms with E-state index in [0.29, 0.717) is 11.6 Å². The molecule has 0 heterocycles. The minimum Gasteiger partial charge on any atom is -0.211 e. The predicted octanol–water partition coefficient (Wildman–Crippen LogP) is 2.20. The molecule has 0 saturated carbocycles. The van der Waals surface area contributed by atoms with Crippen LogP contribution in [0.3, 0.4) is 0 Å². The summed E-state index contributed by atoms with van der Waals surface area (Å²) in [6, 6.07) is 4.80. The minimum atomic E-state index is -3.39. The normalized spacial score (nSPS) is 11.7. The smallest absolute Gasteiger partial charge is 0.211 e. The molecule has 0 spiro atoms. The van der Waals surface area contributed by atoms with Gasteiger partial charge in [-0.15, -0.1) is 0 Å². The lowest BCUT2D eigenvalue weighted by Gasteiger charge is -2.06. The van der Waals surface area contributed by atoms with Crippen molar-refractivity contribution >= 4 is 21.6 Å². The van der Waals surface area contributed by atoms with Gasteiger partial charge in [-0.05, 0) is 24.1 Å². The van der Waals surface area contributed by atoms with Gasteiger partial charge < -0.3 is 0 Å². The van der Waals surface area contributed by atoms with E-state index in [2.05, 4.69) is 4.72 Å². The second kappa shape index (κ2) is 4.96. The van der Waals surface area contributed by atoms with Crippen LogP contribution in [0.15, 0.2) is 23.1 Å². The van der Waals surface area contributed by atoms with Crippen molar-refractivity contribution in [3.05, 3.63) is 28.8 Å². The largest absolute Gasteiger partial charge is 0.240 e. The fourth-order valence-corrected chi connectivity index (χ4v) is 2.70. The van der Waals surface area contributed by atoms with Gasteiger partial charge in [0.15, 0.2) is 0 Å². The molecule has 1 aromatic rings. The van der Waals surface area contributed by atoms with Gasteiger partial charge in [0, 0.05) is 11.6 Å². The second-order valence-electron chi connectivity index (χ2n) is 3.11. The van der Waals surface area contributed by atoms with E-state index in [4.69, 9.17) is 11.6 Å². The molecule has 0 atom stereocenters. The minimum absolute atomic E-state index is 0.214. The summed E-state index contributed by atoms with van der Waals surface area (Å²) in [5.74, 6) is 0. The van der Waals surface area contributed by atoms with E-state index in [1.54, 1.807) is 19.1 Å². The zero-order valence-electron chi connectivity index (χ0n) is 8.75. The van der Waals surface area contributed by atoms with Crippen LogP contribution in [0, 0.1) is 0 Å². The molecule has 3 nitrogen and oxygen atoms in total. The molecule has 0 unspecified atom stereocenters. The molecule has 1 rings (SSSR count). The Morgan fingerprint density at radius 2 is 2.00 bits per heavy atom. The highest BCUT2D eigenvalue weighted by Crippen LogP contribution is 2.20. The lowest BCUT2D eigenvalue weighted by molar-refractivity contribution is 0.584. The molecule has 1 aromatic carbocycles. The van der Waals surface area contributed by atoms with E-state index >= 15 is 0 Å². The molecule has 0 amide bonds. The van der Waals surface area contributed by atoms with Crippen molar-refractivity contribution in [3.63, 3.8) is 0 Å².